The van der Waals surface area contributed by atoms with Crippen LogP contribution in [0.4, 0.5) is 0 Å². The van der Waals surface area contributed by atoms with E-state index in [0.717, 1.165) is 0 Å². The van der Waals surface area contributed by atoms with Crippen LogP contribution in [0.1, 0.15) is 73.1 Å². The van der Waals surface area contributed by atoms with Crippen LogP contribution in [-0.4, -0.2) is 95.1 Å². The van der Waals surface area contributed by atoms with Gasteiger partial charge in [-0.15, -0.1) is 0 Å². The molecule has 5 amide bonds. The molecule has 2 aliphatic heterocycles. The lowest BCUT2D eigenvalue weighted by Gasteiger charge is -2.37. The topological polar surface area (TPSA) is 232 Å². The normalized spacial score (nSPS) is 21.2. The highest BCUT2D eigenvalue weighted by Crippen LogP contribution is 2.27. The highest BCUT2D eigenvalue weighted by Gasteiger charge is 2.44. The number of amides is 5. The first kappa shape index (κ1) is 33.8. The van der Waals surface area contributed by atoms with Crippen LogP contribution in [0.5, 0.6) is 0 Å². The molecule has 5 atom stereocenters. The summed E-state index contributed by atoms with van der Waals surface area (Å²) in [6, 6.07) is -4.17. The Morgan fingerprint density at radius 2 is 1.39 bits per heavy atom. The van der Waals surface area contributed by atoms with Gasteiger partial charge in [0.25, 0.3) is 0 Å². The van der Waals surface area contributed by atoms with E-state index in [4.69, 9.17) is 22.9 Å². The lowest BCUT2D eigenvalue weighted by atomic mass is 9.85. The number of guanidine groups is 1. The van der Waals surface area contributed by atoms with Crippen molar-refractivity contribution in [3.05, 3.63) is 0 Å². The lowest BCUT2D eigenvalue weighted by molar-refractivity contribution is -0.146. The van der Waals surface area contributed by atoms with E-state index in [0.29, 0.717) is 45.2 Å². The van der Waals surface area contributed by atoms with Crippen molar-refractivity contribution in [3.63, 3.8) is 0 Å². The zero-order chi connectivity index (χ0) is 31.1. The van der Waals surface area contributed by atoms with Crippen LogP contribution in [0, 0.1) is 11.3 Å². The minimum absolute atomic E-state index is 0.0726. The standard InChI is InChI=1S/C27H49N9O5/c1-15(2)19(28)24(40)35-13-7-11-18(35)23(39)34-20(27(3,4)5)25(41)36-14-8-10-17(36)22(38)33-16(21(29)37)9-6-12-32-26(30)31/h15-20H,6-14,28H2,1-5H3,(H2,29,37)(H,33,38)(H,34,39)(H4,30,31,32)/t16-,17-,18-,19-,20?/m0/s1. The van der Waals surface area contributed by atoms with Gasteiger partial charge in [-0.3, -0.25) is 29.0 Å². The number of hydrogen-bond acceptors (Lipinski definition) is 7. The molecule has 0 aromatic carbocycles. The first-order valence-corrected chi connectivity index (χ1v) is 14.4. The molecule has 41 heavy (non-hydrogen) atoms. The maximum Gasteiger partial charge on any atom is 0.246 e. The van der Waals surface area contributed by atoms with Crippen molar-refractivity contribution in [2.75, 3.05) is 19.6 Å². The summed E-state index contributed by atoms with van der Waals surface area (Å²) in [7, 11) is 0. The number of aliphatic imine (C=N–C) groups is 1. The predicted octanol–water partition coefficient (Wildman–Crippen LogP) is -1.49. The molecule has 14 heteroatoms. The fourth-order valence-electron chi connectivity index (χ4n) is 5.19. The highest BCUT2D eigenvalue weighted by atomic mass is 16.2. The fraction of sp³-hybridized carbons (Fsp3) is 0.778. The first-order chi connectivity index (χ1) is 19.1. The van der Waals surface area contributed by atoms with Crippen LogP contribution >= 0.6 is 0 Å². The van der Waals surface area contributed by atoms with Crippen LogP contribution in [0.15, 0.2) is 4.99 Å². The first-order valence-electron chi connectivity index (χ1n) is 14.4. The third-order valence-corrected chi connectivity index (χ3v) is 7.69. The molecule has 232 valence electrons. The SMILES string of the molecule is CC(C)[C@H](N)C(=O)N1CCC[C@H]1C(=O)NC(C(=O)N1CCC[C@H]1C(=O)N[C@@H](CCCN=C(N)N)C(N)=O)C(C)(C)C. The van der Waals surface area contributed by atoms with Gasteiger partial charge >= 0.3 is 0 Å². The van der Waals surface area contributed by atoms with E-state index in [1.165, 1.54) is 9.80 Å². The van der Waals surface area contributed by atoms with Crippen LogP contribution in [-0.2, 0) is 24.0 Å². The summed E-state index contributed by atoms with van der Waals surface area (Å²) < 4.78 is 0. The van der Waals surface area contributed by atoms with Gasteiger partial charge in [0.15, 0.2) is 5.96 Å². The fourth-order valence-corrected chi connectivity index (χ4v) is 5.19. The van der Waals surface area contributed by atoms with Gasteiger partial charge in [0.2, 0.25) is 29.5 Å². The van der Waals surface area contributed by atoms with E-state index in [-0.39, 0.29) is 30.8 Å². The summed E-state index contributed by atoms with van der Waals surface area (Å²) in [5.41, 5.74) is 21.5. The Morgan fingerprint density at radius 3 is 1.85 bits per heavy atom. The van der Waals surface area contributed by atoms with Gasteiger partial charge in [0.05, 0.1) is 6.04 Å². The van der Waals surface area contributed by atoms with E-state index in [9.17, 15) is 24.0 Å². The molecule has 0 spiro atoms. The number of likely N-dealkylation sites (tertiary alicyclic amines) is 2. The Bertz CT molecular complexity index is 1010. The Hall–Kier alpha value is -3.42. The molecule has 0 bridgehead atoms. The number of carbonyl (C=O) groups excluding carboxylic acids is 5. The van der Waals surface area contributed by atoms with E-state index in [2.05, 4.69) is 15.6 Å². The molecular weight excluding hydrogens is 530 g/mol. The quantitative estimate of drug-likeness (QED) is 0.0903. The molecule has 0 saturated carbocycles. The van der Waals surface area contributed by atoms with Crippen molar-refractivity contribution >= 4 is 35.5 Å². The number of rotatable bonds is 12. The molecule has 2 rings (SSSR count). The Morgan fingerprint density at radius 1 is 0.878 bits per heavy atom. The van der Waals surface area contributed by atoms with Crippen molar-refractivity contribution in [1.82, 2.24) is 20.4 Å². The molecule has 0 aromatic heterocycles. The minimum Gasteiger partial charge on any atom is -0.370 e. The zero-order valence-electron chi connectivity index (χ0n) is 25.0. The molecule has 1 unspecified atom stereocenters. The number of hydrogen-bond donors (Lipinski definition) is 6. The summed E-state index contributed by atoms with van der Waals surface area (Å²) in [4.78, 5) is 72.3. The van der Waals surface area contributed by atoms with Crippen LogP contribution in [0.25, 0.3) is 0 Å². The number of nitrogens with one attached hydrogen (secondary N) is 2. The second-order valence-electron chi connectivity index (χ2n) is 12.4. The molecule has 2 fully saturated rings. The van der Waals surface area contributed by atoms with Crippen LogP contribution in [0.2, 0.25) is 0 Å². The summed E-state index contributed by atoms with van der Waals surface area (Å²) >= 11 is 0. The number of carbonyl (C=O) groups is 5. The molecule has 2 aliphatic rings. The minimum atomic E-state index is -0.953. The van der Waals surface area contributed by atoms with Gasteiger partial charge in [0.1, 0.15) is 24.2 Å². The van der Waals surface area contributed by atoms with Gasteiger partial charge in [-0.25, -0.2) is 0 Å². The van der Waals surface area contributed by atoms with E-state index in [1.807, 2.05) is 34.6 Å². The van der Waals surface area contributed by atoms with Gasteiger partial charge in [-0.1, -0.05) is 34.6 Å². The molecule has 0 aliphatic carbocycles. The van der Waals surface area contributed by atoms with E-state index in [1.54, 1.807) is 0 Å². The molecule has 2 saturated heterocycles. The molecule has 14 nitrogen and oxygen atoms in total. The summed E-state index contributed by atoms with van der Waals surface area (Å²) in [6.07, 6.45) is 2.76. The van der Waals surface area contributed by atoms with Crippen LogP contribution in [0.3, 0.4) is 0 Å². The third-order valence-electron chi connectivity index (χ3n) is 7.69. The zero-order valence-corrected chi connectivity index (χ0v) is 25.0. The smallest absolute Gasteiger partial charge is 0.246 e. The van der Waals surface area contributed by atoms with Crippen LogP contribution < -0.4 is 33.6 Å². The van der Waals surface area contributed by atoms with Gasteiger partial charge in [-0.05, 0) is 49.9 Å². The van der Waals surface area contributed by atoms with E-state index >= 15 is 0 Å². The van der Waals surface area contributed by atoms with Gasteiger partial charge < -0.3 is 43.4 Å². The van der Waals surface area contributed by atoms with Crippen molar-refractivity contribution in [2.45, 2.75) is 103 Å². The summed E-state index contributed by atoms with van der Waals surface area (Å²) in [5, 5.41) is 5.56. The average molecular weight is 580 g/mol. The number of primary amides is 1. The molecular formula is C27H49N9O5. The molecule has 0 aromatic rings. The van der Waals surface area contributed by atoms with Crippen molar-refractivity contribution < 1.29 is 24.0 Å². The average Bonchev–Trinajstić information content (AvgIpc) is 3.56. The number of nitrogens with zero attached hydrogens (tertiary/aromatic N) is 3. The summed E-state index contributed by atoms with van der Waals surface area (Å²) in [5.74, 6) is -2.45. The van der Waals surface area contributed by atoms with Crippen molar-refractivity contribution in [2.24, 2.45) is 39.3 Å². The maximum atomic E-state index is 13.9. The molecule has 10 N–H and O–H groups in total. The maximum absolute atomic E-state index is 13.9. The summed E-state index contributed by atoms with van der Waals surface area (Å²) in [6.45, 7) is 10.2. The Labute approximate surface area is 242 Å². The second kappa shape index (κ2) is 14.5. The number of nitrogens with two attached hydrogens (primary N) is 4. The van der Waals surface area contributed by atoms with Crippen molar-refractivity contribution in [3.8, 4) is 0 Å². The van der Waals surface area contributed by atoms with E-state index < -0.39 is 59.3 Å². The van der Waals surface area contributed by atoms with Gasteiger partial charge in [0, 0.05) is 19.6 Å². The lowest BCUT2D eigenvalue weighted by Crippen LogP contribution is -2.61. The largest absolute Gasteiger partial charge is 0.370 e. The second-order valence-corrected chi connectivity index (χ2v) is 12.4. The molecule has 2 heterocycles. The Kier molecular flexibility index (Phi) is 11.9. The van der Waals surface area contributed by atoms with Gasteiger partial charge in [-0.2, -0.15) is 0 Å². The highest BCUT2D eigenvalue weighted by molar-refractivity contribution is 5.96. The van der Waals surface area contributed by atoms with Crippen molar-refractivity contribution in [1.29, 1.82) is 0 Å². The third kappa shape index (κ3) is 9.03. The monoisotopic (exact) mass is 579 g/mol. The Balaban J connectivity index is 2.15. The predicted molar refractivity (Wildman–Crippen MR) is 155 cm³/mol. The molecule has 0 radical (unpaired) electrons.